The summed E-state index contributed by atoms with van der Waals surface area (Å²) in [5, 5.41) is 7.12. The maximum Gasteiger partial charge on any atom is 0.258 e. The number of hydrogen-bond donors (Lipinski definition) is 1. The highest BCUT2D eigenvalue weighted by Gasteiger charge is 2.07. The van der Waals surface area contributed by atoms with Crippen molar-refractivity contribution in [2.45, 2.75) is 0 Å². The van der Waals surface area contributed by atoms with Crippen molar-refractivity contribution in [2.75, 3.05) is 32.5 Å². The standard InChI is InChI=1S/C9H13ClN8/c1-17(2)4-3-12-8-14-7(10)15-9(16-8)18-6-11-5-13-18/h5-6H,3-4H2,1-2H3,(H,12,14,15,16). The van der Waals surface area contributed by atoms with E-state index in [1.807, 2.05) is 19.0 Å². The molecule has 0 saturated carbocycles. The predicted octanol–water partition coefficient (Wildman–Crippen LogP) is 0.0792. The fourth-order valence-electron chi connectivity index (χ4n) is 1.22. The molecule has 0 aliphatic rings. The second-order valence-corrected chi connectivity index (χ2v) is 4.14. The molecule has 0 unspecified atom stereocenters. The van der Waals surface area contributed by atoms with Gasteiger partial charge in [-0.15, -0.1) is 0 Å². The highest BCUT2D eigenvalue weighted by molar-refractivity contribution is 6.28. The largest absolute Gasteiger partial charge is 0.353 e. The van der Waals surface area contributed by atoms with Gasteiger partial charge in [0.15, 0.2) is 0 Å². The van der Waals surface area contributed by atoms with Crippen molar-refractivity contribution in [3.05, 3.63) is 17.9 Å². The summed E-state index contributed by atoms with van der Waals surface area (Å²) in [6.45, 7) is 1.58. The average molecular weight is 269 g/mol. The van der Waals surface area contributed by atoms with E-state index in [1.54, 1.807) is 0 Å². The Morgan fingerprint density at radius 1 is 1.33 bits per heavy atom. The van der Waals surface area contributed by atoms with E-state index in [0.29, 0.717) is 18.4 Å². The third-order valence-corrected chi connectivity index (χ3v) is 2.23. The van der Waals surface area contributed by atoms with Gasteiger partial charge in [-0.2, -0.15) is 24.7 Å². The van der Waals surface area contributed by atoms with Crippen LogP contribution in [0.25, 0.3) is 5.95 Å². The third kappa shape index (κ3) is 3.34. The molecule has 0 atom stereocenters. The summed E-state index contributed by atoms with van der Waals surface area (Å²) in [4.78, 5) is 18.0. The van der Waals surface area contributed by atoms with Crippen molar-refractivity contribution in [3.63, 3.8) is 0 Å². The fourth-order valence-corrected chi connectivity index (χ4v) is 1.38. The van der Waals surface area contributed by atoms with E-state index >= 15 is 0 Å². The maximum absolute atomic E-state index is 5.83. The summed E-state index contributed by atoms with van der Waals surface area (Å²) >= 11 is 5.83. The zero-order valence-electron chi connectivity index (χ0n) is 10.1. The van der Waals surface area contributed by atoms with Crippen LogP contribution in [0.3, 0.4) is 0 Å². The molecule has 9 heteroatoms. The molecule has 0 aliphatic carbocycles. The number of likely N-dealkylation sites (N-methyl/N-ethyl adjacent to an activating group) is 1. The van der Waals surface area contributed by atoms with Gasteiger partial charge < -0.3 is 10.2 Å². The predicted molar refractivity (Wildman–Crippen MR) is 66.8 cm³/mol. The number of hydrogen-bond acceptors (Lipinski definition) is 7. The van der Waals surface area contributed by atoms with Crippen molar-refractivity contribution >= 4 is 17.5 Å². The summed E-state index contributed by atoms with van der Waals surface area (Å²) in [5.41, 5.74) is 0. The quantitative estimate of drug-likeness (QED) is 0.822. The fraction of sp³-hybridized carbons (Fsp3) is 0.444. The van der Waals surface area contributed by atoms with Crippen LogP contribution in [0, 0.1) is 0 Å². The molecule has 0 fully saturated rings. The first kappa shape index (κ1) is 12.7. The molecular weight excluding hydrogens is 256 g/mol. The minimum Gasteiger partial charge on any atom is -0.353 e. The average Bonchev–Trinajstić information content (AvgIpc) is 2.81. The van der Waals surface area contributed by atoms with E-state index in [1.165, 1.54) is 17.3 Å². The third-order valence-electron chi connectivity index (χ3n) is 2.06. The van der Waals surface area contributed by atoms with Gasteiger partial charge in [0.2, 0.25) is 11.2 Å². The van der Waals surface area contributed by atoms with Gasteiger partial charge in [-0.3, -0.25) is 0 Å². The Balaban J connectivity index is 2.12. The van der Waals surface area contributed by atoms with E-state index in [9.17, 15) is 0 Å². The van der Waals surface area contributed by atoms with Crippen molar-refractivity contribution in [1.82, 2.24) is 34.6 Å². The van der Waals surface area contributed by atoms with Crippen LogP contribution < -0.4 is 5.32 Å². The molecule has 0 amide bonds. The lowest BCUT2D eigenvalue weighted by atomic mass is 10.6. The van der Waals surface area contributed by atoms with Gasteiger partial charge in [-0.25, -0.2) is 4.98 Å². The Hall–Kier alpha value is -1.80. The van der Waals surface area contributed by atoms with Crippen molar-refractivity contribution < 1.29 is 0 Å². The van der Waals surface area contributed by atoms with Crippen LogP contribution in [-0.2, 0) is 0 Å². The Kier molecular flexibility index (Phi) is 4.00. The zero-order chi connectivity index (χ0) is 13.0. The second-order valence-electron chi connectivity index (χ2n) is 3.80. The molecule has 0 saturated heterocycles. The molecule has 0 bridgehead atoms. The molecule has 2 rings (SSSR count). The van der Waals surface area contributed by atoms with E-state index in [2.05, 4.69) is 30.4 Å². The topological polar surface area (TPSA) is 84.6 Å². The van der Waals surface area contributed by atoms with E-state index in [4.69, 9.17) is 11.6 Å². The Morgan fingerprint density at radius 2 is 2.17 bits per heavy atom. The monoisotopic (exact) mass is 268 g/mol. The number of halogens is 1. The van der Waals surface area contributed by atoms with Crippen LogP contribution in [0.15, 0.2) is 12.7 Å². The summed E-state index contributed by atoms with van der Waals surface area (Å²) in [6.07, 6.45) is 2.89. The molecule has 8 nitrogen and oxygen atoms in total. The van der Waals surface area contributed by atoms with Gasteiger partial charge in [-0.1, -0.05) is 0 Å². The highest BCUT2D eigenvalue weighted by Crippen LogP contribution is 2.08. The van der Waals surface area contributed by atoms with Gasteiger partial charge in [-0.05, 0) is 25.7 Å². The number of rotatable bonds is 5. The van der Waals surface area contributed by atoms with E-state index < -0.39 is 0 Å². The number of nitrogens with one attached hydrogen (secondary N) is 1. The van der Waals surface area contributed by atoms with Crippen molar-refractivity contribution in [3.8, 4) is 5.95 Å². The molecule has 0 spiro atoms. The summed E-state index contributed by atoms with van der Waals surface area (Å²) in [7, 11) is 3.98. The van der Waals surface area contributed by atoms with E-state index in [-0.39, 0.29) is 5.28 Å². The number of aromatic nitrogens is 6. The van der Waals surface area contributed by atoms with Crippen molar-refractivity contribution in [1.29, 1.82) is 0 Å². The minimum atomic E-state index is 0.114. The normalized spacial score (nSPS) is 10.9. The molecule has 1 N–H and O–H groups in total. The highest BCUT2D eigenvalue weighted by atomic mass is 35.5. The SMILES string of the molecule is CN(C)CCNc1nc(Cl)nc(-n2cncn2)n1. The first-order valence-corrected chi connectivity index (χ1v) is 5.68. The number of anilines is 1. The van der Waals surface area contributed by atoms with Crippen LogP contribution in [0.1, 0.15) is 0 Å². The molecule has 2 heterocycles. The lowest BCUT2D eigenvalue weighted by Gasteiger charge is -2.10. The van der Waals surface area contributed by atoms with E-state index in [0.717, 1.165) is 6.54 Å². The van der Waals surface area contributed by atoms with Crippen LogP contribution >= 0.6 is 11.6 Å². The summed E-state index contributed by atoms with van der Waals surface area (Å²) in [5.74, 6) is 0.752. The maximum atomic E-state index is 5.83. The van der Waals surface area contributed by atoms with Crippen LogP contribution in [0.4, 0.5) is 5.95 Å². The Bertz CT molecular complexity index is 497. The number of nitrogens with zero attached hydrogens (tertiary/aromatic N) is 7. The lowest BCUT2D eigenvalue weighted by molar-refractivity contribution is 0.425. The van der Waals surface area contributed by atoms with Gasteiger partial charge >= 0.3 is 0 Å². The Morgan fingerprint density at radius 3 is 2.83 bits per heavy atom. The van der Waals surface area contributed by atoms with Crippen LogP contribution in [0.2, 0.25) is 5.28 Å². The molecule has 2 aromatic rings. The molecule has 2 aromatic heterocycles. The molecule has 96 valence electrons. The zero-order valence-corrected chi connectivity index (χ0v) is 10.8. The van der Waals surface area contributed by atoms with Crippen LogP contribution in [-0.4, -0.2) is 61.8 Å². The molecule has 0 aliphatic heterocycles. The van der Waals surface area contributed by atoms with Gasteiger partial charge in [0.05, 0.1) is 0 Å². The molecular formula is C9H13ClN8. The minimum absolute atomic E-state index is 0.114. The summed E-state index contributed by atoms with van der Waals surface area (Å²) in [6, 6.07) is 0. The second kappa shape index (κ2) is 5.69. The van der Waals surface area contributed by atoms with Crippen LogP contribution in [0.5, 0.6) is 0 Å². The Labute approximate surface area is 109 Å². The molecule has 0 aromatic carbocycles. The molecule has 18 heavy (non-hydrogen) atoms. The van der Waals surface area contributed by atoms with Gasteiger partial charge in [0.25, 0.3) is 5.95 Å². The smallest absolute Gasteiger partial charge is 0.258 e. The van der Waals surface area contributed by atoms with Crippen molar-refractivity contribution in [2.24, 2.45) is 0 Å². The van der Waals surface area contributed by atoms with Gasteiger partial charge in [0.1, 0.15) is 12.7 Å². The summed E-state index contributed by atoms with van der Waals surface area (Å²) < 4.78 is 1.42. The molecule has 0 radical (unpaired) electrons. The lowest BCUT2D eigenvalue weighted by Crippen LogP contribution is -2.22. The first-order valence-electron chi connectivity index (χ1n) is 5.30. The first-order chi connectivity index (χ1) is 8.65. The van der Waals surface area contributed by atoms with Gasteiger partial charge in [0, 0.05) is 13.1 Å².